The zero-order valence-corrected chi connectivity index (χ0v) is 23.5. The molecule has 212 valence electrons. The van der Waals surface area contributed by atoms with E-state index in [0.717, 1.165) is 54.2 Å². The standard InChI is InChI=1S/C28H31N9O3S/c1-29-27(38)31-20-6-4-19(5-7-20)25-33-23-22(35-40-24(23)26(34-25)36-13-15-39-16-14-36)18-8-11-37(12-9-18)28(41)32-21-3-2-10-30-17-21/h2-7,10,17-18H,8-9,11-16H2,1H3,(H,32,41)(H2,29,31,38). The summed E-state index contributed by atoms with van der Waals surface area (Å²) in [5.41, 5.74) is 4.56. The Bertz CT molecular complexity index is 1520. The number of pyridine rings is 1. The van der Waals surface area contributed by atoms with Crippen LogP contribution < -0.4 is 20.9 Å². The molecule has 12 nitrogen and oxygen atoms in total. The quantitative estimate of drug-likeness (QED) is 0.301. The van der Waals surface area contributed by atoms with Crippen molar-refractivity contribution in [3.05, 3.63) is 54.5 Å². The van der Waals surface area contributed by atoms with Gasteiger partial charge in [-0.05, 0) is 61.5 Å². The first-order valence-corrected chi connectivity index (χ1v) is 14.0. The van der Waals surface area contributed by atoms with Crippen LogP contribution in [-0.4, -0.2) is 82.6 Å². The summed E-state index contributed by atoms with van der Waals surface area (Å²) in [6.07, 6.45) is 5.22. The molecule has 6 rings (SSSR count). The number of aromatic nitrogens is 4. The van der Waals surface area contributed by atoms with Gasteiger partial charge in [0, 0.05) is 56.6 Å². The molecule has 2 fully saturated rings. The Kier molecular flexibility index (Phi) is 7.87. The number of rotatable bonds is 5. The van der Waals surface area contributed by atoms with Crippen LogP contribution in [0.2, 0.25) is 0 Å². The third kappa shape index (κ3) is 5.91. The fourth-order valence-corrected chi connectivity index (χ4v) is 5.41. The average molecular weight is 574 g/mol. The minimum atomic E-state index is -0.279. The molecule has 3 aromatic heterocycles. The molecule has 0 spiro atoms. The molecule has 41 heavy (non-hydrogen) atoms. The maximum Gasteiger partial charge on any atom is 0.318 e. The van der Waals surface area contributed by atoms with Gasteiger partial charge < -0.3 is 35.0 Å². The van der Waals surface area contributed by atoms with E-state index in [1.54, 1.807) is 19.4 Å². The topological polar surface area (TPSA) is 134 Å². The number of carbonyl (C=O) groups is 1. The van der Waals surface area contributed by atoms with Gasteiger partial charge in [0.05, 0.1) is 25.1 Å². The first-order valence-electron chi connectivity index (χ1n) is 13.6. The summed E-state index contributed by atoms with van der Waals surface area (Å²) >= 11 is 5.66. The number of benzene rings is 1. The normalized spacial score (nSPS) is 16.0. The van der Waals surface area contributed by atoms with Crippen LogP contribution in [0.1, 0.15) is 24.5 Å². The third-order valence-electron chi connectivity index (χ3n) is 7.35. The van der Waals surface area contributed by atoms with Crippen LogP contribution in [0.15, 0.2) is 53.3 Å². The molecule has 13 heteroatoms. The highest BCUT2D eigenvalue weighted by Crippen LogP contribution is 2.36. The maximum absolute atomic E-state index is 11.7. The van der Waals surface area contributed by atoms with Crippen LogP contribution >= 0.6 is 12.2 Å². The molecule has 0 unspecified atom stereocenters. The molecule has 0 atom stereocenters. The second-order valence-electron chi connectivity index (χ2n) is 9.93. The van der Waals surface area contributed by atoms with Gasteiger partial charge >= 0.3 is 6.03 Å². The van der Waals surface area contributed by atoms with Crippen LogP contribution in [0.3, 0.4) is 0 Å². The van der Waals surface area contributed by atoms with Gasteiger partial charge in [-0.2, -0.15) is 0 Å². The third-order valence-corrected chi connectivity index (χ3v) is 7.71. The molecule has 3 N–H and O–H groups in total. The van der Waals surface area contributed by atoms with Crippen LogP contribution in [0.25, 0.3) is 22.5 Å². The number of amides is 2. The summed E-state index contributed by atoms with van der Waals surface area (Å²) in [6, 6.07) is 11.0. The molecule has 4 aromatic rings. The van der Waals surface area contributed by atoms with Gasteiger partial charge in [-0.3, -0.25) is 4.98 Å². The van der Waals surface area contributed by atoms with E-state index in [0.29, 0.717) is 48.5 Å². The molecule has 2 aliphatic heterocycles. The van der Waals surface area contributed by atoms with Crippen LogP contribution in [0.4, 0.5) is 22.0 Å². The van der Waals surface area contributed by atoms with E-state index < -0.39 is 0 Å². The number of carbonyl (C=O) groups excluding carboxylic acids is 1. The summed E-state index contributed by atoms with van der Waals surface area (Å²) in [4.78, 5) is 30.1. The van der Waals surface area contributed by atoms with Gasteiger partial charge in [0.25, 0.3) is 0 Å². The Hall–Kier alpha value is -4.36. The van der Waals surface area contributed by atoms with E-state index in [2.05, 4.69) is 35.9 Å². The van der Waals surface area contributed by atoms with Gasteiger partial charge in [0.2, 0.25) is 5.58 Å². The van der Waals surface area contributed by atoms with E-state index in [1.165, 1.54) is 0 Å². The van der Waals surface area contributed by atoms with E-state index in [1.807, 2.05) is 36.4 Å². The van der Waals surface area contributed by atoms with Gasteiger partial charge in [-0.1, -0.05) is 5.16 Å². The Labute approximate surface area is 242 Å². The number of morpholine rings is 1. The minimum Gasteiger partial charge on any atom is -0.378 e. The van der Waals surface area contributed by atoms with Gasteiger partial charge in [0.1, 0.15) is 11.2 Å². The number of fused-ring (bicyclic) bond motifs is 1. The van der Waals surface area contributed by atoms with Crippen LogP contribution in [-0.2, 0) is 4.74 Å². The Morgan fingerprint density at radius 3 is 2.49 bits per heavy atom. The maximum atomic E-state index is 11.7. The fourth-order valence-electron chi connectivity index (χ4n) is 5.11. The second-order valence-corrected chi connectivity index (χ2v) is 10.3. The summed E-state index contributed by atoms with van der Waals surface area (Å²) in [7, 11) is 1.58. The van der Waals surface area contributed by atoms with Crippen molar-refractivity contribution in [2.45, 2.75) is 18.8 Å². The Morgan fingerprint density at radius 2 is 1.78 bits per heavy atom. The molecular formula is C28H31N9O3S. The van der Waals surface area contributed by atoms with Crippen LogP contribution in [0.5, 0.6) is 0 Å². The number of hydrogen-bond acceptors (Lipinski definition) is 9. The largest absolute Gasteiger partial charge is 0.378 e. The second kappa shape index (κ2) is 12.0. The average Bonchev–Trinajstić information content (AvgIpc) is 3.46. The first-order chi connectivity index (χ1) is 20.1. The molecule has 2 saturated heterocycles. The van der Waals surface area contributed by atoms with Crippen molar-refractivity contribution in [3.8, 4) is 11.4 Å². The predicted octanol–water partition coefficient (Wildman–Crippen LogP) is 3.84. The van der Waals surface area contributed by atoms with Gasteiger partial charge in [-0.25, -0.2) is 14.8 Å². The summed E-state index contributed by atoms with van der Waals surface area (Å²) in [5.74, 6) is 1.47. The van der Waals surface area contributed by atoms with Crippen molar-refractivity contribution in [1.82, 2.24) is 30.3 Å². The number of anilines is 3. The van der Waals surface area contributed by atoms with E-state index >= 15 is 0 Å². The molecule has 2 aliphatic rings. The molecule has 1 aromatic carbocycles. The van der Waals surface area contributed by atoms with Crippen molar-refractivity contribution < 1.29 is 14.1 Å². The number of ether oxygens (including phenoxy) is 1. The number of thiocarbonyl (C=S) groups is 1. The molecule has 0 aliphatic carbocycles. The number of likely N-dealkylation sites (tertiary alicyclic amines) is 1. The highest BCUT2D eigenvalue weighted by atomic mass is 32.1. The summed E-state index contributed by atoms with van der Waals surface area (Å²) in [6.45, 7) is 4.23. The summed E-state index contributed by atoms with van der Waals surface area (Å²) in [5, 5.41) is 13.8. The highest BCUT2D eigenvalue weighted by Gasteiger charge is 2.30. The number of hydrogen-bond donors (Lipinski definition) is 3. The Morgan fingerprint density at radius 1 is 1.00 bits per heavy atom. The van der Waals surface area contributed by atoms with Gasteiger partial charge in [-0.15, -0.1) is 0 Å². The molecule has 5 heterocycles. The Balaban J connectivity index is 1.26. The van der Waals surface area contributed by atoms with E-state index in [4.69, 9.17) is 31.4 Å². The van der Waals surface area contributed by atoms with E-state index in [-0.39, 0.29) is 11.9 Å². The predicted molar refractivity (Wildman–Crippen MR) is 160 cm³/mol. The monoisotopic (exact) mass is 573 g/mol. The lowest BCUT2D eigenvalue weighted by Crippen LogP contribution is -2.40. The van der Waals surface area contributed by atoms with Gasteiger partial charge in [0.15, 0.2) is 16.8 Å². The van der Waals surface area contributed by atoms with Crippen molar-refractivity contribution in [3.63, 3.8) is 0 Å². The molecule has 0 radical (unpaired) electrons. The number of urea groups is 1. The van der Waals surface area contributed by atoms with Crippen molar-refractivity contribution in [2.75, 3.05) is 62.0 Å². The SMILES string of the molecule is CNC(=O)Nc1ccc(-c2nc(N3CCOCC3)c3onc(C4CCN(C(=S)Nc5cccnc5)CC4)c3n2)cc1. The lowest BCUT2D eigenvalue weighted by molar-refractivity contribution is 0.122. The lowest BCUT2D eigenvalue weighted by Gasteiger charge is -2.33. The number of piperidine rings is 1. The minimum absolute atomic E-state index is 0.174. The van der Waals surface area contributed by atoms with Crippen molar-refractivity contribution in [1.29, 1.82) is 0 Å². The highest BCUT2D eigenvalue weighted by molar-refractivity contribution is 7.80. The summed E-state index contributed by atoms with van der Waals surface area (Å²) < 4.78 is 11.5. The first kappa shape index (κ1) is 26.8. The number of nitrogens with zero attached hydrogens (tertiary/aromatic N) is 6. The fraction of sp³-hybridized carbons (Fsp3) is 0.357. The molecular weight excluding hydrogens is 542 g/mol. The zero-order chi connectivity index (χ0) is 28.2. The molecule has 0 bridgehead atoms. The smallest absolute Gasteiger partial charge is 0.318 e. The number of nitrogens with one attached hydrogen (secondary N) is 3. The zero-order valence-electron chi connectivity index (χ0n) is 22.7. The van der Waals surface area contributed by atoms with Crippen molar-refractivity contribution in [2.24, 2.45) is 0 Å². The van der Waals surface area contributed by atoms with Crippen molar-refractivity contribution >= 4 is 51.7 Å². The molecule has 0 saturated carbocycles. The van der Waals surface area contributed by atoms with Crippen LogP contribution in [0, 0.1) is 0 Å². The van der Waals surface area contributed by atoms with E-state index in [9.17, 15) is 4.79 Å². The lowest BCUT2D eigenvalue weighted by atomic mass is 9.93. The molecule has 2 amide bonds.